The molecule has 1 unspecified atom stereocenters. The molecular formula is C13H15N3. The van der Waals surface area contributed by atoms with Crippen LogP contribution < -0.4 is 5.73 Å². The maximum absolute atomic E-state index is 6.21. The van der Waals surface area contributed by atoms with Crippen LogP contribution in [0.15, 0.2) is 36.9 Å². The molecule has 0 amide bonds. The van der Waals surface area contributed by atoms with Crippen molar-refractivity contribution in [3.63, 3.8) is 0 Å². The number of aryl methyl sites for hydroxylation is 2. The minimum Gasteiger partial charge on any atom is -0.320 e. The van der Waals surface area contributed by atoms with Gasteiger partial charge < -0.3 is 5.73 Å². The van der Waals surface area contributed by atoms with Crippen LogP contribution in [0.1, 0.15) is 28.3 Å². The van der Waals surface area contributed by atoms with Gasteiger partial charge in [0.1, 0.15) is 6.33 Å². The molecule has 2 aromatic rings. The smallest absolute Gasteiger partial charge is 0.115 e. The summed E-state index contributed by atoms with van der Waals surface area (Å²) in [6.07, 6.45) is 5.04. The summed E-state index contributed by atoms with van der Waals surface area (Å²) < 4.78 is 0. The Labute approximate surface area is 95.4 Å². The maximum atomic E-state index is 6.21. The molecule has 1 aromatic carbocycles. The van der Waals surface area contributed by atoms with Crippen LogP contribution in [-0.2, 0) is 0 Å². The number of hydrogen-bond donors (Lipinski definition) is 1. The first-order chi connectivity index (χ1) is 7.68. The van der Waals surface area contributed by atoms with Crippen molar-refractivity contribution < 1.29 is 0 Å². The summed E-state index contributed by atoms with van der Waals surface area (Å²) >= 11 is 0. The molecule has 82 valence electrons. The van der Waals surface area contributed by atoms with E-state index in [1.165, 1.54) is 17.5 Å². The van der Waals surface area contributed by atoms with Crippen LogP contribution in [0.25, 0.3) is 0 Å². The van der Waals surface area contributed by atoms with Gasteiger partial charge in [-0.1, -0.05) is 23.8 Å². The molecule has 2 rings (SSSR count). The van der Waals surface area contributed by atoms with E-state index in [0.717, 1.165) is 11.1 Å². The summed E-state index contributed by atoms with van der Waals surface area (Å²) in [6.45, 7) is 4.13. The number of hydrogen-bond acceptors (Lipinski definition) is 3. The molecule has 0 bridgehead atoms. The second kappa shape index (κ2) is 4.41. The summed E-state index contributed by atoms with van der Waals surface area (Å²) in [5.41, 5.74) is 10.7. The van der Waals surface area contributed by atoms with E-state index in [-0.39, 0.29) is 6.04 Å². The second-order valence-electron chi connectivity index (χ2n) is 4.01. The lowest BCUT2D eigenvalue weighted by molar-refractivity contribution is 0.841. The third-order valence-electron chi connectivity index (χ3n) is 2.71. The van der Waals surface area contributed by atoms with Crippen LogP contribution in [0.3, 0.4) is 0 Å². The summed E-state index contributed by atoms with van der Waals surface area (Å²) in [5, 5.41) is 0. The van der Waals surface area contributed by atoms with E-state index in [1.807, 2.05) is 0 Å². The zero-order chi connectivity index (χ0) is 11.5. The van der Waals surface area contributed by atoms with Gasteiger partial charge in [-0.15, -0.1) is 0 Å². The Balaban J connectivity index is 2.41. The normalized spacial score (nSPS) is 12.4. The third-order valence-corrected chi connectivity index (χ3v) is 2.71. The molecule has 1 aromatic heterocycles. The Hall–Kier alpha value is -1.74. The molecule has 2 N–H and O–H groups in total. The topological polar surface area (TPSA) is 51.8 Å². The zero-order valence-electron chi connectivity index (χ0n) is 9.51. The highest BCUT2D eigenvalue weighted by Crippen LogP contribution is 2.22. The molecule has 1 atom stereocenters. The lowest BCUT2D eigenvalue weighted by Gasteiger charge is -2.15. The van der Waals surface area contributed by atoms with E-state index < -0.39 is 0 Å². The van der Waals surface area contributed by atoms with Gasteiger partial charge in [0.25, 0.3) is 0 Å². The molecular weight excluding hydrogens is 198 g/mol. The Kier molecular flexibility index (Phi) is 2.97. The highest BCUT2D eigenvalue weighted by molar-refractivity contribution is 5.37. The first-order valence-corrected chi connectivity index (χ1v) is 5.26. The summed E-state index contributed by atoms with van der Waals surface area (Å²) in [4.78, 5) is 7.98. The van der Waals surface area contributed by atoms with Gasteiger partial charge >= 0.3 is 0 Å². The average molecular weight is 213 g/mol. The van der Waals surface area contributed by atoms with Gasteiger partial charge in [-0.25, -0.2) is 9.97 Å². The molecule has 0 aliphatic heterocycles. The van der Waals surface area contributed by atoms with Crippen LogP contribution in [-0.4, -0.2) is 9.97 Å². The fourth-order valence-corrected chi connectivity index (χ4v) is 1.75. The number of benzene rings is 1. The fraction of sp³-hybridized carbons (Fsp3) is 0.231. The molecule has 3 heteroatoms. The van der Waals surface area contributed by atoms with E-state index in [0.29, 0.717) is 0 Å². The van der Waals surface area contributed by atoms with Crippen LogP contribution in [0, 0.1) is 13.8 Å². The largest absolute Gasteiger partial charge is 0.320 e. The van der Waals surface area contributed by atoms with Crippen LogP contribution in [0.5, 0.6) is 0 Å². The van der Waals surface area contributed by atoms with Crippen molar-refractivity contribution >= 4 is 0 Å². The van der Waals surface area contributed by atoms with Crippen molar-refractivity contribution in [3.8, 4) is 0 Å². The van der Waals surface area contributed by atoms with Gasteiger partial charge in [0.15, 0.2) is 0 Å². The highest BCUT2D eigenvalue weighted by Gasteiger charge is 2.11. The minimum absolute atomic E-state index is 0.152. The summed E-state index contributed by atoms with van der Waals surface area (Å²) in [6, 6.07) is 6.15. The number of nitrogens with two attached hydrogens (primary N) is 1. The third kappa shape index (κ3) is 2.09. The van der Waals surface area contributed by atoms with E-state index in [1.54, 1.807) is 12.4 Å². The minimum atomic E-state index is -0.152. The Morgan fingerprint density at radius 2 is 1.81 bits per heavy atom. The van der Waals surface area contributed by atoms with Gasteiger partial charge in [-0.2, -0.15) is 0 Å². The van der Waals surface area contributed by atoms with E-state index >= 15 is 0 Å². The Morgan fingerprint density at radius 1 is 1.12 bits per heavy atom. The van der Waals surface area contributed by atoms with Gasteiger partial charge in [0, 0.05) is 18.0 Å². The van der Waals surface area contributed by atoms with Crippen molar-refractivity contribution in [1.29, 1.82) is 0 Å². The summed E-state index contributed by atoms with van der Waals surface area (Å²) in [7, 11) is 0. The van der Waals surface area contributed by atoms with Crippen molar-refractivity contribution in [1.82, 2.24) is 9.97 Å². The first kappa shape index (κ1) is 10.8. The van der Waals surface area contributed by atoms with E-state index in [9.17, 15) is 0 Å². The van der Waals surface area contributed by atoms with Gasteiger partial charge in [-0.05, 0) is 25.0 Å². The predicted molar refractivity (Wildman–Crippen MR) is 64.0 cm³/mol. The van der Waals surface area contributed by atoms with Crippen LogP contribution in [0.2, 0.25) is 0 Å². The SMILES string of the molecule is Cc1ccc(C)c(C(N)c2cncnc2)c1. The lowest BCUT2D eigenvalue weighted by Crippen LogP contribution is -2.14. The monoisotopic (exact) mass is 213 g/mol. The molecule has 0 fully saturated rings. The molecule has 0 aliphatic carbocycles. The second-order valence-corrected chi connectivity index (χ2v) is 4.01. The maximum Gasteiger partial charge on any atom is 0.115 e. The first-order valence-electron chi connectivity index (χ1n) is 5.26. The van der Waals surface area contributed by atoms with Crippen LogP contribution >= 0.6 is 0 Å². The van der Waals surface area contributed by atoms with Crippen LogP contribution in [0.4, 0.5) is 0 Å². The Bertz CT molecular complexity index is 480. The molecule has 16 heavy (non-hydrogen) atoms. The summed E-state index contributed by atoms with van der Waals surface area (Å²) in [5.74, 6) is 0. The fourth-order valence-electron chi connectivity index (χ4n) is 1.75. The van der Waals surface area contributed by atoms with E-state index in [4.69, 9.17) is 5.73 Å². The van der Waals surface area contributed by atoms with Crippen molar-refractivity contribution in [2.45, 2.75) is 19.9 Å². The molecule has 0 aliphatic rings. The van der Waals surface area contributed by atoms with Crippen molar-refractivity contribution in [3.05, 3.63) is 59.2 Å². The molecule has 0 saturated carbocycles. The quantitative estimate of drug-likeness (QED) is 0.831. The Morgan fingerprint density at radius 3 is 2.50 bits per heavy atom. The van der Waals surface area contributed by atoms with Gasteiger partial charge in [0.2, 0.25) is 0 Å². The molecule has 0 saturated heterocycles. The van der Waals surface area contributed by atoms with Gasteiger partial charge in [-0.3, -0.25) is 0 Å². The van der Waals surface area contributed by atoms with Crippen molar-refractivity contribution in [2.75, 3.05) is 0 Å². The standard InChI is InChI=1S/C13H15N3/c1-9-3-4-10(2)12(5-9)13(14)11-6-15-8-16-7-11/h3-8,13H,14H2,1-2H3. The number of aromatic nitrogens is 2. The molecule has 0 spiro atoms. The highest BCUT2D eigenvalue weighted by atomic mass is 14.8. The zero-order valence-corrected chi connectivity index (χ0v) is 9.51. The van der Waals surface area contributed by atoms with E-state index in [2.05, 4.69) is 42.0 Å². The molecule has 1 heterocycles. The molecule has 3 nitrogen and oxygen atoms in total. The number of rotatable bonds is 2. The molecule has 0 radical (unpaired) electrons. The average Bonchev–Trinajstić information content (AvgIpc) is 2.32. The lowest BCUT2D eigenvalue weighted by atomic mass is 9.96. The van der Waals surface area contributed by atoms with Gasteiger partial charge in [0.05, 0.1) is 6.04 Å². The van der Waals surface area contributed by atoms with Crippen molar-refractivity contribution in [2.24, 2.45) is 5.73 Å². The number of nitrogens with zero attached hydrogens (tertiary/aromatic N) is 2. The predicted octanol–water partition coefficient (Wildman–Crippen LogP) is 2.14.